The van der Waals surface area contributed by atoms with Crippen LogP contribution in [-0.2, 0) is 12.7 Å². The molecule has 0 N–H and O–H groups in total. The molecule has 0 atom stereocenters. The van der Waals surface area contributed by atoms with Gasteiger partial charge in [-0.05, 0) is 52.9 Å². The molecule has 0 bridgehead atoms. The summed E-state index contributed by atoms with van der Waals surface area (Å²) < 4.78 is 53.0. The van der Waals surface area contributed by atoms with Crippen molar-refractivity contribution in [3.05, 3.63) is 71.3 Å². The van der Waals surface area contributed by atoms with Gasteiger partial charge >= 0.3 is 6.18 Å². The van der Waals surface area contributed by atoms with Crippen LogP contribution in [0.3, 0.4) is 0 Å². The first-order chi connectivity index (χ1) is 14.8. The predicted molar refractivity (Wildman–Crippen MR) is 102 cm³/mol. The van der Waals surface area contributed by atoms with Gasteiger partial charge in [-0.2, -0.15) is 17.9 Å². The van der Waals surface area contributed by atoms with E-state index in [0.29, 0.717) is 44.2 Å². The lowest BCUT2D eigenvalue weighted by atomic mass is 10.1. The molecule has 3 aromatic rings. The standard InChI is InChI=1S/C20H18F4N6O/c21-16-2-1-3-17(12-16)30-18(25-26-27-30)13-28-8-10-29(11-9-28)19(31)14-4-6-15(7-5-14)20(22,23)24/h1-7,12H,8-11,13H2. The molecule has 2 heterocycles. The second-order valence-electron chi connectivity index (χ2n) is 7.13. The summed E-state index contributed by atoms with van der Waals surface area (Å²) in [5.41, 5.74) is -0.0579. The zero-order valence-electron chi connectivity index (χ0n) is 16.3. The third kappa shape index (κ3) is 4.71. The highest BCUT2D eigenvalue weighted by Gasteiger charge is 2.31. The summed E-state index contributed by atoms with van der Waals surface area (Å²) in [5, 5.41) is 11.6. The van der Waals surface area contributed by atoms with Gasteiger partial charge < -0.3 is 4.90 Å². The molecular formula is C20H18F4N6O. The number of carbonyl (C=O) groups excluding carboxylic acids is 1. The monoisotopic (exact) mass is 434 g/mol. The Kier molecular flexibility index (Phi) is 5.68. The number of rotatable bonds is 4. The zero-order valence-corrected chi connectivity index (χ0v) is 16.3. The second kappa shape index (κ2) is 8.42. The van der Waals surface area contributed by atoms with Crippen molar-refractivity contribution in [2.75, 3.05) is 26.2 Å². The SMILES string of the molecule is O=C(c1ccc(C(F)(F)F)cc1)N1CCN(Cc2nnnn2-c2cccc(F)c2)CC1. The second-order valence-corrected chi connectivity index (χ2v) is 7.13. The summed E-state index contributed by atoms with van der Waals surface area (Å²) >= 11 is 0. The molecule has 31 heavy (non-hydrogen) atoms. The van der Waals surface area contributed by atoms with E-state index in [1.165, 1.54) is 28.9 Å². The topological polar surface area (TPSA) is 67.2 Å². The van der Waals surface area contributed by atoms with Gasteiger partial charge in [0.25, 0.3) is 5.91 Å². The third-order valence-electron chi connectivity index (χ3n) is 5.07. The minimum atomic E-state index is -4.44. The fraction of sp³-hybridized carbons (Fsp3) is 0.300. The number of hydrogen-bond donors (Lipinski definition) is 0. The minimum Gasteiger partial charge on any atom is -0.336 e. The number of halogens is 4. The average Bonchev–Trinajstić information content (AvgIpc) is 3.21. The van der Waals surface area contributed by atoms with Crippen LogP contribution in [0.15, 0.2) is 48.5 Å². The van der Waals surface area contributed by atoms with Gasteiger partial charge in [-0.15, -0.1) is 5.10 Å². The van der Waals surface area contributed by atoms with Crippen molar-refractivity contribution >= 4 is 5.91 Å². The van der Waals surface area contributed by atoms with Gasteiger partial charge in [-0.1, -0.05) is 6.07 Å². The van der Waals surface area contributed by atoms with Crippen LogP contribution in [0.1, 0.15) is 21.7 Å². The largest absolute Gasteiger partial charge is 0.416 e. The Morgan fingerprint density at radius 1 is 1.00 bits per heavy atom. The summed E-state index contributed by atoms with van der Waals surface area (Å²) in [4.78, 5) is 16.3. The van der Waals surface area contributed by atoms with Crippen molar-refractivity contribution < 1.29 is 22.4 Å². The molecule has 0 spiro atoms. The van der Waals surface area contributed by atoms with Gasteiger partial charge in [-0.25, -0.2) is 4.39 Å². The number of amides is 1. The number of benzene rings is 2. The normalized spacial score (nSPS) is 15.3. The Morgan fingerprint density at radius 2 is 1.71 bits per heavy atom. The lowest BCUT2D eigenvalue weighted by Crippen LogP contribution is -2.48. The molecule has 0 radical (unpaired) electrons. The highest BCUT2D eigenvalue weighted by atomic mass is 19.4. The number of carbonyl (C=O) groups is 1. The van der Waals surface area contributed by atoms with E-state index < -0.39 is 17.6 Å². The van der Waals surface area contributed by atoms with Crippen LogP contribution in [0, 0.1) is 5.82 Å². The molecule has 0 aliphatic carbocycles. The smallest absolute Gasteiger partial charge is 0.336 e. The Balaban J connectivity index is 1.36. The van der Waals surface area contributed by atoms with Crippen molar-refractivity contribution in [2.45, 2.75) is 12.7 Å². The van der Waals surface area contributed by atoms with E-state index in [9.17, 15) is 22.4 Å². The minimum absolute atomic E-state index is 0.219. The number of hydrogen-bond acceptors (Lipinski definition) is 5. The quantitative estimate of drug-likeness (QED) is 0.591. The molecule has 7 nitrogen and oxygen atoms in total. The van der Waals surface area contributed by atoms with E-state index in [4.69, 9.17) is 0 Å². The Labute approximate surface area is 174 Å². The molecule has 4 rings (SSSR count). The van der Waals surface area contributed by atoms with Gasteiger partial charge in [0, 0.05) is 31.7 Å². The number of piperazine rings is 1. The predicted octanol–water partition coefficient (Wildman–Crippen LogP) is 2.78. The molecule has 1 aliphatic rings. The summed E-state index contributed by atoms with van der Waals surface area (Å²) in [6.45, 7) is 2.33. The molecule has 11 heteroatoms. The third-order valence-corrected chi connectivity index (χ3v) is 5.07. The van der Waals surface area contributed by atoms with Gasteiger partial charge in [0.05, 0.1) is 17.8 Å². The van der Waals surface area contributed by atoms with Crippen LogP contribution in [0.4, 0.5) is 17.6 Å². The van der Waals surface area contributed by atoms with E-state index in [-0.39, 0.29) is 11.5 Å². The maximum atomic E-state index is 13.5. The molecule has 162 valence electrons. The van der Waals surface area contributed by atoms with Crippen LogP contribution in [0.25, 0.3) is 5.69 Å². The molecule has 1 saturated heterocycles. The number of nitrogens with zero attached hydrogens (tertiary/aromatic N) is 6. The highest BCUT2D eigenvalue weighted by molar-refractivity contribution is 5.94. The maximum Gasteiger partial charge on any atom is 0.416 e. The van der Waals surface area contributed by atoms with E-state index >= 15 is 0 Å². The number of tetrazole rings is 1. The lowest BCUT2D eigenvalue weighted by molar-refractivity contribution is -0.137. The summed E-state index contributed by atoms with van der Waals surface area (Å²) in [6.07, 6.45) is -4.44. The van der Waals surface area contributed by atoms with Crippen LogP contribution in [0.2, 0.25) is 0 Å². The summed E-state index contributed by atoms with van der Waals surface area (Å²) in [6, 6.07) is 10.2. The van der Waals surface area contributed by atoms with Crippen LogP contribution in [-0.4, -0.2) is 62.1 Å². The fourth-order valence-electron chi connectivity index (χ4n) is 3.41. The molecule has 1 fully saturated rings. The molecule has 0 saturated carbocycles. The van der Waals surface area contributed by atoms with Gasteiger partial charge in [0.15, 0.2) is 5.82 Å². The average molecular weight is 434 g/mol. The Bertz CT molecular complexity index is 1060. The van der Waals surface area contributed by atoms with Gasteiger partial charge in [0.2, 0.25) is 0 Å². The van der Waals surface area contributed by atoms with E-state index in [0.717, 1.165) is 12.1 Å². The lowest BCUT2D eigenvalue weighted by Gasteiger charge is -2.34. The molecule has 1 aliphatic heterocycles. The van der Waals surface area contributed by atoms with Crippen LogP contribution < -0.4 is 0 Å². The first-order valence-corrected chi connectivity index (χ1v) is 9.53. The molecule has 0 unspecified atom stereocenters. The highest BCUT2D eigenvalue weighted by Crippen LogP contribution is 2.29. The first-order valence-electron chi connectivity index (χ1n) is 9.53. The Morgan fingerprint density at radius 3 is 2.35 bits per heavy atom. The molecule has 1 aromatic heterocycles. The molecule has 2 aromatic carbocycles. The van der Waals surface area contributed by atoms with Gasteiger partial charge in [0.1, 0.15) is 5.82 Å². The van der Waals surface area contributed by atoms with Crippen molar-refractivity contribution in [1.29, 1.82) is 0 Å². The van der Waals surface area contributed by atoms with Gasteiger partial charge in [-0.3, -0.25) is 9.69 Å². The van der Waals surface area contributed by atoms with Crippen molar-refractivity contribution in [3.8, 4) is 5.69 Å². The van der Waals surface area contributed by atoms with Crippen molar-refractivity contribution in [1.82, 2.24) is 30.0 Å². The van der Waals surface area contributed by atoms with Crippen molar-refractivity contribution in [3.63, 3.8) is 0 Å². The summed E-state index contributed by atoms with van der Waals surface area (Å²) in [7, 11) is 0. The van der Waals surface area contributed by atoms with Crippen molar-refractivity contribution in [2.24, 2.45) is 0 Å². The zero-order chi connectivity index (χ0) is 22.0. The fourth-order valence-corrected chi connectivity index (χ4v) is 3.41. The van der Waals surface area contributed by atoms with E-state index in [1.54, 1.807) is 17.0 Å². The Hall–Kier alpha value is -3.34. The van der Waals surface area contributed by atoms with Crippen LogP contribution in [0.5, 0.6) is 0 Å². The van der Waals surface area contributed by atoms with Crippen LogP contribution >= 0.6 is 0 Å². The number of alkyl halides is 3. The summed E-state index contributed by atoms with van der Waals surface area (Å²) in [5.74, 6) is -0.166. The molecule has 1 amide bonds. The number of aromatic nitrogens is 4. The van der Waals surface area contributed by atoms with E-state index in [1.807, 2.05) is 0 Å². The maximum absolute atomic E-state index is 13.5. The first kappa shape index (κ1) is 20.9. The molecular weight excluding hydrogens is 416 g/mol. The van der Waals surface area contributed by atoms with E-state index in [2.05, 4.69) is 20.4 Å².